The van der Waals surface area contributed by atoms with Crippen molar-refractivity contribution in [2.45, 2.75) is 31.0 Å². The molecule has 0 saturated heterocycles. The van der Waals surface area contributed by atoms with Gasteiger partial charge in [-0.2, -0.15) is 0 Å². The fourth-order valence-electron chi connectivity index (χ4n) is 6.32. The van der Waals surface area contributed by atoms with Gasteiger partial charge < -0.3 is 36.8 Å². The van der Waals surface area contributed by atoms with Crippen molar-refractivity contribution in [1.82, 2.24) is 15.2 Å². The third kappa shape index (κ3) is 4.51. The van der Waals surface area contributed by atoms with E-state index >= 15 is 0 Å². The summed E-state index contributed by atoms with van der Waals surface area (Å²) in [5, 5.41) is 50.5. The Labute approximate surface area is 240 Å². The van der Waals surface area contributed by atoms with E-state index in [4.69, 9.17) is 5.73 Å². The number of phenols is 1. The van der Waals surface area contributed by atoms with Crippen molar-refractivity contribution >= 4 is 34.8 Å². The molecule has 1 fully saturated rings. The normalized spacial score (nSPS) is 25.2. The van der Waals surface area contributed by atoms with E-state index in [0.29, 0.717) is 12.1 Å². The number of phenolic OH excluding ortho intramolecular Hbond substituents is 1. The van der Waals surface area contributed by atoms with Crippen LogP contribution in [0.15, 0.2) is 53.4 Å². The predicted molar refractivity (Wildman–Crippen MR) is 149 cm³/mol. The Morgan fingerprint density at radius 2 is 1.88 bits per heavy atom. The molecule has 0 bridgehead atoms. The Hall–Kier alpha value is -4.59. The average Bonchev–Trinajstić information content (AvgIpc) is 2.92. The van der Waals surface area contributed by atoms with Gasteiger partial charge in [-0.3, -0.25) is 29.1 Å². The van der Waals surface area contributed by atoms with Crippen molar-refractivity contribution in [3.8, 4) is 5.75 Å². The number of aromatic hydroxyl groups is 1. The summed E-state index contributed by atoms with van der Waals surface area (Å²) in [6.07, 6.45) is 1.78. The van der Waals surface area contributed by atoms with Crippen LogP contribution in [0.5, 0.6) is 5.75 Å². The van der Waals surface area contributed by atoms with Gasteiger partial charge in [0.05, 0.1) is 29.5 Å². The van der Waals surface area contributed by atoms with E-state index in [-0.39, 0.29) is 36.2 Å². The minimum atomic E-state index is -2.72. The number of hydrogen-bond acceptors (Lipinski definition) is 11. The number of nitrogens with two attached hydrogens (primary N) is 1. The van der Waals surface area contributed by atoms with Gasteiger partial charge in [0, 0.05) is 24.2 Å². The van der Waals surface area contributed by atoms with E-state index in [1.807, 2.05) is 6.07 Å². The number of benzene rings is 1. The third-order valence-electron chi connectivity index (χ3n) is 8.19. The van der Waals surface area contributed by atoms with Crippen LogP contribution in [0.25, 0.3) is 5.76 Å². The lowest BCUT2D eigenvalue weighted by Gasteiger charge is -2.50. The highest BCUT2D eigenvalue weighted by atomic mass is 16.3. The number of fused-ring (bicyclic) bond motifs is 3. The molecule has 0 aliphatic heterocycles. The number of primary amides is 1. The van der Waals surface area contributed by atoms with E-state index in [0.717, 1.165) is 5.69 Å². The van der Waals surface area contributed by atoms with Crippen LogP contribution < -0.4 is 16.4 Å². The zero-order chi connectivity index (χ0) is 30.5. The van der Waals surface area contributed by atoms with Gasteiger partial charge in [-0.05, 0) is 56.6 Å². The number of carbonyl (C=O) groups is 4. The summed E-state index contributed by atoms with van der Waals surface area (Å²) in [6, 6.07) is 7.31. The minimum Gasteiger partial charge on any atom is -0.508 e. The van der Waals surface area contributed by atoms with Crippen molar-refractivity contribution in [3.05, 3.63) is 70.3 Å². The van der Waals surface area contributed by atoms with Gasteiger partial charge in [0.15, 0.2) is 11.4 Å². The lowest BCUT2D eigenvalue weighted by atomic mass is 9.57. The molecule has 1 heterocycles. The second kappa shape index (κ2) is 10.7. The molecule has 0 spiro atoms. The van der Waals surface area contributed by atoms with Crippen LogP contribution in [0.2, 0.25) is 0 Å². The summed E-state index contributed by atoms with van der Waals surface area (Å²) in [7, 11) is 3.07. The molecule has 3 aliphatic carbocycles. The Morgan fingerprint density at radius 1 is 1.14 bits per heavy atom. The minimum absolute atomic E-state index is 0.00699. The number of ketones is 2. The number of aromatic nitrogens is 1. The van der Waals surface area contributed by atoms with E-state index in [1.54, 1.807) is 24.4 Å². The van der Waals surface area contributed by atoms with Gasteiger partial charge in [-0.1, -0.05) is 12.1 Å². The van der Waals surface area contributed by atoms with E-state index < -0.39 is 69.7 Å². The Bertz CT molecular complexity index is 1570. The van der Waals surface area contributed by atoms with Crippen LogP contribution in [0.3, 0.4) is 0 Å². The van der Waals surface area contributed by atoms with E-state index in [9.17, 15) is 39.6 Å². The zero-order valence-corrected chi connectivity index (χ0v) is 22.9. The molecular weight excluding hydrogens is 546 g/mol. The Kier molecular flexibility index (Phi) is 7.35. The molecule has 1 aromatic carbocycles. The number of aliphatic hydroxyl groups excluding tert-OH is 2. The van der Waals surface area contributed by atoms with Gasteiger partial charge in [0.2, 0.25) is 11.7 Å². The van der Waals surface area contributed by atoms with Crippen LogP contribution >= 0.6 is 0 Å². The van der Waals surface area contributed by atoms with Gasteiger partial charge in [0.1, 0.15) is 22.8 Å². The molecule has 0 radical (unpaired) electrons. The molecule has 2 aromatic rings. The van der Waals surface area contributed by atoms with Crippen LogP contribution in [0.1, 0.15) is 23.2 Å². The second-order valence-corrected chi connectivity index (χ2v) is 10.9. The molecule has 1 saturated carbocycles. The lowest BCUT2D eigenvalue weighted by Crippen LogP contribution is -2.65. The lowest BCUT2D eigenvalue weighted by molar-refractivity contribution is -0.153. The van der Waals surface area contributed by atoms with Crippen LogP contribution in [0, 0.1) is 11.8 Å². The highest BCUT2D eigenvalue weighted by Gasteiger charge is 2.64. The summed E-state index contributed by atoms with van der Waals surface area (Å²) >= 11 is 0. The fraction of sp³-hybridized carbons (Fsp3) is 0.345. The standard InChI is InChI=1S/C29H31N5O8/c1-34(2)22-16-10-14-9-13-6-7-17(33-18(35)12-31-11-15-5-3-4-8-32-15)23(36)19(13)24(37)20(14)26(39)29(16,42)27(40)21(25(22)38)28(30)41/h3-8,14,16,22,31,36-37,40,42H,9-12H2,1-2H3,(H2,30,41)(H,33,35)/t14?,16?,22-,29?/m0/s1. The van der Waals surface area contributed by atoms with Crippen molar-refractivity contribution in [2.24, 2.45) is 17.6 Å². The number of hydrogen-bond donors (Lipinski definition) is 7. The summed E-state index contributed by atoms with van der Waals surface area (Å²) in [5.41, 5.74) is 2.57. The highest BCUT2D eigenvalue weighted by molar-refractivity contribution is 6.24. The van der Waals surface area contributed by atoms with Crippen molar-refractivity contribution in [1.29, 1.82) is 0 Å². The molecule has 5 rings (SSSR count). The number of carbonyl (C=O) groups excluding carboxylic acids is 4. The van der Waals surface area contributed by atoms with Gasteiger partial charge >= 0.3 is 0 Å². The quantitative estimate of drug-likeness (QED) is 0.173. The molecule has 220 valence electrons. The first kappa shape index (κ1) is 28.9. The first-order valence-electron chi connectivity index (χ1n) is 13.3. The van der Waals surface area contributed by atoms with Gasteiger partial charge in [0.25, 0.3) is 5.91 Å². The third-order valence-corrected chi connectivity index (χ3v) is 8.19. The number of aliphatic hydroxyl groups is 3. The summed E-state index contributed by atoms with van der Waals surface area (Å²) in [5.74, 6) is -7.79. The highest BCUT2D eigenvalue weighted by Crippen LogP contribution is 2.53. The predicted octanol–water partition coefficient (Wildman–Crippen LogP) is 0.0873. The number of rotatable bonds is 7. The molecule has 2 amide bonds. The largest absolute Gasteiger partial charge is 0.508 e. The van der Waals surface area contributed by atoms with Crippen LogP contribution in [-0.2, 0) is 32.1 Å². The molecule has 3 unspecified atom stereocenters. The monoisotopic (exact) mass is 577 g/mol. The maximum atomic E-state index is 13.9. The second-order valence-electron chi connectivity index (χ2n) is 10.9. The molecular formula is C29H31N5O8. The van der Waals surface area contributed by atoms with E-state index in [1.165, 1.54) is 25.1 Å². The Balaban J connectivity index is 1.47. The molecule has 1 aromatic heterocycles. The fourth-order valence-corrected chi connectivity index (χ4v) is 6.32. The van der Waals surface area contributed by atoms with Crippen molar-refractivity contribution in [3.63, 3.8) is 0 Å². The Morgan fingerprint density at radius 3 is 2.52 bits per heavy atom. The summed E-state index contributed by atoms with van der Waals surface area (Å²) in [6.45, 7) is 0.235. The number of Topliss-reactive ketones (excluding diaryl/α,β-unsaturated/α-hetero) is 2. The molecule has 8 N–H and O–H groups in total. The molecule has 13 heteroatoms. The zero-order valence-electron chi connectivity index (χ0n) is 22.9. The van der Waals surface area contributed by atoms with Gasteiger partial charge in [-0.25, -0.2) is 0 Å². The maximum absolute atomic E-state index is 13.9. The number of nitrogens with one attached hydrogen (secondary N) is 2. The average molecular weight is 578 g/mol. The van der Waals surface area contributed by atoms with Gasteiger partial charge in [-0.15, -0.1) is 0 Å². The first-order valence-corrected chi connectivity index (χ1v) is 13.3. The number of pyridine rings is 1. The molecule has 3 aliphatic rings. The summed E-state index contributed by atoms with van der Waals surface area (Å²) in [4.78, 5) is 57.3. The molecule has 42 heavy (non-hydrogen) atoms. The maximum Gasteiger partial charge on any atom is 0.255 e. The van der Waals surface area contributed by atoms with Crippen molar-refractivity contribution < 1.29 is 39.6 Å². The number of likely N-dealkylation sites (N-methyl/N-ethyl adjacent to an activating group) is 1. The van der Waals surface area contributed by atoms with Crippen molar-refractivity contribution in [2.75, 3.05) is 26.0 Å². The van der Waals surface area contributed by atoms with Crippen LogP contribution in [0.4, 0.5) is 5.69 Å². The SMILES string of the molecule is CN(C)[C@@H]1C(=O)C(C(N)=O)=C(O)C2(O)C(=O)C3=C(O)c4c(ccc(NC(=O)CNCc5ccccn5)c4O)CC3CC12. The smallest absolute Gasteiger partial charge is 0.255 e. The molecule has 4 atom stereocenters. The van der Waals surface area contributed by atoms with E-state index in [2.05, 4.69) is 15.6 Å². The summed E-state index contributed by atoms with van der Waals surface area (Å²) < 4.78 is 0. The number of anilines is 1. The first-order chi connectivity index (χ1) is 19.9. The van der Waals surface area contributed by atoms with Crippen LogP contribution in [-0.4, -0.2) is 86.0 Å². The topological polar surface area (TPSA) is 215 Å². The number of amides is 2. The number of nitrogens with zero attached hydrogens (tertiary/aromatic N) is 2. The molecule has 13 nitrogen and oxygen atoms in total.